The number of nitrogens with zero attached hydrogens (tertiary/aromatic N) is 2. The monoisotopic (exact) mass is 458 g/mol. The largest absolute Gasteiger partial charge is 0.489 e. The molecule has 2 aliphatic rings. The van der Waals surface area contributed by atoms with Crippen LogP contribution in [0.15, 0.2) is 36.5 Å². The number of benzene rings is 1. The molecule has 172 valence electrons. The van der Waals surface area contributed by atoms with Crippen LogP contribution in [0.2, 0.25) is 5.02 Å². The second kappa shape index (κ2) is 9.55. The molecule has 32 heavy (non-hydrogen) atoms. The molecule has 1 amide bonds. The minimum atomic E-state index is -0.636. The van der Waals surface area contributed by atoms with Crippen LogP contribution in [0.4, 0.5) is 11.5 Å². The maximum atomic E-state index is 11.2. The van der Waals surface area contributed by atoms with Gasteiger partial charge in [-0.2, -0.15) is 0 Å². The number of aliphatic hydroxyl groups is 1. The first-order valence-corrected chi connectivity index (χ1v) is 11.6. The summed E-state index contributed by atoms with van der Waals surface area (Å²) < 4.78 is 6.19. The van der Waals surface area contributed by atoms with Gasteiger partial charge in [-0.1, -0.05) is 23.7 Å². The maximum Gasteiger partial charge on any atom is 0.217 e. The smallest absolute Gasteiger partial charge is 0.217 e. The molecule has 2 atom stereocenters. The van der Waals surface area contributed by atoms with E-state index in [4.69, 9.17) is 16.3 Å². The molecular weight excluding hydrogens is 428 g/mol. The van der Waals surface area contributed by atoms with Crippen molar-refractivity contribution < 1.29 is 14.6 Å². The molecule has 0 spiro atoms. The Morgan fingerprint density at radius 1 is 1.34 bits per heavy atom. The van der Waals surface area contributed by atoms with Gasteiger partial charge in [-0.15, -0.1) is 0 Å². The zero-order valence-electron chi connectivity index (χ0n) is 18.6. The van der Waals surface area contributed by atoms with Gasteiger partial charge in [0.1, 0.15) is 22.7 Å². The highest BCUT2D eigenvalue weighted by molar-refractivity contribution is 6.35. The predicted molar refractivity (Wildman–Crippen MR) is 126 cm³/mol. The Morgan fingerprint density at radius 3 is 2.75 bits per heavy atom. The SMILES string of the molecule is CC(=O)N[C@@H](C)c1ccc(O[C@@H]2CCN(c3ccnc(NCC4(O)CCC4)c3Cl)C2)cc1. The van der Waals surface area contributed by atoms with Crippen molar-refractivity contribution in [3.8, 4) is 5.75 Å². The van der Waals surface area contributed by atoms with Crippen molar-refractivity contribution in [2.24, 2.45) is 0 Å². The van der Waals surface area contributed by atoms with E-state index < -0.39 is 5.60 Å². The Labute approximate surface area is 194 Å². The van der Waals surface area contributed by atoms with Crippen LogP contribution in [0.3, 0.4) is 0 Å². The fraction of sp³-hybridized carbons (Fsp3) is 0.500. The third-order valence-electron chi connectivity index (χ3n) is 6.33. The number of ether oxygens (including phenoxy) is 1. The Balaban J connectivity index is 1.34. The van der Waals surface area contributed by atoms with Crippen molar-refractivity contribution in [1.82, 2.24) is 10.3 Å². The molecule has 1 aromatic carbocycles. The maximum absolute atomic E-state index is 11.2. The van der Waals surface area contributed by atoms with E-state index in [1.165, 1.54) is 6.92 Å². The van der Waals surface area contributed by atoms with Crippen LogP contribution in [-0.4, -0.2) is 47.3 Å². The Morgan fingerprint density at radius 2 is 2.09 bits per heavy atom. The first-order valence-electron chi connectivity index (χ1n) is 11.2. The molecule has 4 rings (SSSR count). The van der Waals surface area contributed by atoms with E-state index >= 15 is 0 Å². The first-order chi connectivity index (χ1) is 15.3. The van der Waals surface area contributed by atoms with Crippen LogP contribution in [0, 0.1) is 0 Å². The van der Waals surface area contributed by atoms with E-state index in [1.807, 2.05) is 37.3 Å². The summed E-state index contributed by atoms with van der Waals surface area (Å²) >= 11 is 6.65. The lowest BCUT2D eigenvalue weighted by Crippen LogP contribution is -2.43. The van der Waals surface area contributed by atoms with Crippen LogP contribution in [0.25, 0.3) is 0 Å². The number of pyridine rings is 1. The number of carbonyl (C=O) groups is 1. The van der Waals surface area contributed by atoms with Gasteiger partial charge in [-0.05, 0) is 49.9 Å². The Hall–Kier alpha value is -2.51. The molecule has 2 heterocycles. The van der Waals surface area contributed by atoms with Gasteiger partial charge in [0.05, 0.1) is 23.9 Å². The summed E-state index contributed by atoms with van der Waals surface area (Å²) in [5.41, 5.74) is 1.33. The van der Waals surface area contributed by atoms with Crippen molar-refractivity contribution >= 4 is 29.0 Å². The van der Waals surface area contributed by atoms with Crippen LogP contribution in [0.5, 0.6) is 5.75 Å². The molecule has 0 radical (unpaired) electrons. The van der Waals surface area contributed by atoms with E-state index in [0.29, 0.717) is 17.4 Å². The third kappa shape index (κ3) is 5.27. The van der Waals surface area contributed by atoms with Crippen molar-refractivity contribution in [3.05, 3.63) is 47.1 Å². The number of aromatic nitrogens is 1. The lowest BCUT2D eigenvalue weighted by Gasteiger charge is -2.36. The van der Waals surface area contributed by atoms with Gasteiger partial charge < -0.3 is 25.4 Å². The average molecular weight is 459 g/mol. The number of carbonyl (C=O) groups excluding carboxylic acids is 1. The molecule has 1 aliphatic carbocycles. The van der Waals surface area contributed by atoms with Gasteiger partial charge in [0.2, 0.25) is 5.91 Å². The number of halogens is 1. The highest BCUT2D eigenvalue weighted by atomic mass is 35.5. The van der Waals surface area contributed by atoms with E-state index in [2.05, 4.69) is 20.5 Å². The van der Waals surface area contributed by atoms with E-state index in [0.717, 1.165) is 55.8 Å². The minimum Gasteiger partial charge on any atom is -0.489 e. The molecular formula is C24H31ClN4O3. The second-order valence-corrected chi connectivity index (χ2v) is 9.27. The van der Waals surface area contributed by atoms with Gasteiger partial charge in [0, 0.05) is 32.6 Å². The normalized spacial score (nSPS) is 20.4. The molecule has 2 aromatic rings. The summed E-state index contributed by atoms with van der Waals surface area (Å²) in [7, 11) is 0. The average Bonchev–Trinajstić information content (AvgIpc) is 3.20. The zero-order chi connectivity index (χ0) is 22.7. The molecule has 1 saturated heterocycles. The molecule has 1 saturated carbocycles. The molecule has 8 heteroatoms. The first kappa shape index (κ1) is 22.7. The lowest BCUT2D eigenvalue weighted by atomic mass is 9.80. The standard InChI is InChI=1S/C24H31ClN4O3/c1-16(28-17(2)30)18-4-6-19(7-5-18)32-20-9-13-29(14-20)21-8-12-26-23(22(21)25)27-15-24(31)10-3-11-24/h4-8,12,16,20,31H,3,9-11,13-15H2,1-2H3,(H,26,27)(H,28,30)/t16-,20+/m0/s1. The fourth-order valence-electron chi connectivity index (χ4n) is 4.27. The molecule has 1 aliphatic heterocycles. The van der Waals surface area contributed by atoms with Gasteiger partial charge in [0.25, 0.3) is 0 Å². The van der Waals surface area contributed by atoms with Crippen LogP contribution < -0.4 is 20.3 Å². The Kier molecular flexibility index (Phi) is 6.76. The zero-order valence-corrected chi connectivity index (χ0v) is 19.4. The van der Waals surface area contributed by atoms with Crippen molar-refractivity contribution in [1.29, 1.82) is 0 Å². The van der Waals surface area contributed by atoms with E-state index in [-0.39, 0.29) is 18.1 Å². The summed E-state index contributed by atoms with van der Waals surface area (Å²) in [6.45, 7) is 5.52. The topological polar surface area (TPSA) is 86.7 Å². The van der Waals surface area contributed by atoms with Crippen LogP contribution in [0.1, 0.15) is 51.1 Å². The third-order valence-corrected chi connectivity index (χ3v) is 6.70. The van der Waals surface area contributed by atoms with Crippen LogP contribution in [-0.2, 0) is 4.79 Å². The summed E-state index contributed by atoms with van der Waals surface area (Å²) in [5, 5.41) is 17.0. The number of hydrogen-bond acceptors (Lipinski definition) is 6. The molecule has 0 unspecified atom stereocenters. The van der Waals surface area contributed by atoms with E-state index in [9.17, 15) is 9.90 Å². The quantitative estimate of drug-likeness (QED) is 0.556. The number of nitrogens with one attached hydrogen (secondary N) is 2. The molecule has 7 nitrogen and oxygen atoms in total. The fourth-order valence-corrected chi connectivity index (χ4v) is 4.57. The summed E-state index contributed by atoms with van der Waals surface area (Å²) in [5.74, 6) is 1.38. The number of anilines is 2. The van der Waals surface area contributed by atoms with Crippen LogP contribution >= 0.6 is 11.6 Å². The highest BCUT2D eigenvalue weighted by Crippen LogP contribution is 2.36. The number of hydrogen-bond donors (Lipinski definition) is 3. The van der Waals surface area contributed by atoms with Crippen molar-refractivity contribution in [3.63, 3.8) is 0 Å². The number of amides is 1. The Bertz CT molecular complexity index is 949. The van der Waals surface area contributed by atoms with Gasteiger partial charge in [-0.25, -0.2) is 4.98 Å². The summed E-state index contributed by atoms with van der Waals surface area (Å²) in [4.78, 5) is 17.8. The van der Waals surface area contributed by atoms with Gasteiger partial charge in [-0.3, -0.25) is 4.79 Å². The predicted octanol–water partition coefficient (Wildman–Crippen LogP) is 3.92. The van der Waals surface area contributed by atoms with Crippen molar-refractivity contribution in [2.45, 2.75) is 57.3 Å². The van der Waals surface area contributed by atoms with Crippen molar-refractivity contribution in [2.75, 3.05) is 29.9 Å². The summed E-state index contributed by atoms with van der Waals surface area (Å²) in [6, 6.07) is 9.75. The molecule has 0 bridgehead atoms. The van der Waals surface area contributed by atoms with Gasteiger partial charge >= 0.3 is 0 Å². The minimum absolute atomic E-state index is 0.0369. The lowest BCUT2D eigenvalue weighted by molar-refractivity contribution is -0.119. The van der Waals surface area contributed by atoms with Gasteiger partial charge in [0.15, 0.2) is 0 Å². The molecule has 1 aromatic heterocycles. The number of rotatable bonds is 8. The van der Waals surface area contributed by atoms with E-state index in [1.54, 1.807) is 6.20 Å². The second-order valence-electron chi connectivity index (χ2n) is 8.89. The highest BCUT2D eigenvalue weighted by Gasteiger charge is 2.34. The summed E-state index contributed by atoms with van der Waals surface area (Å²) in [6.07, 6.45) is 5.39. The molecule has 2 fully saturated rings. The molecule has 3 N–H and O–H groups in total.